The lowest BCUT2D eigenvalue weighted by Gasteiger charge is -2.11. The molecule has 0 atom stereocenters. The average molecular weight is 364 g/mol. The van der Waals surface area contributed by atoms with E-state index in [1.54, 1.807) is 11.8 Å². The summed E-state index contributed by atoms with van der Waals surface area (Å²) < 4.78 is 1.06. The molecular weight excluding hydrogens is 346 g/mol. The second-order valence-electron chi connectivity index (χ2n) is 5.01. The number of thioether (sulfide) groups is 1. The molecule has 0 radical (unpaired) electrons. The van der Waals surface area contributed by atoms with Gasteiger partial charge >= 0.3 is 0 Å². The van der Waals surface area contributed by atoms with Crippen molar-refractivity contribution < 1.29 is 4.79 Å². The van der Waals surface area contributed by atoms with Crippen LogP contribution in [0.4, 0.5) is 5.69 Å². The van der Waals surface area contributed by atoms with E-state index in [-0.39, 0.29) is 5.91 Å². The van der Waals surface area contributed by atoms with Crippen molar-refractivity contribution >= 4 is 39.3 Å². The summed E-state index contributed by atoms with van der Waals surface area (Å²) in [5.74, 6) is 0.440. The molecule has 0 unspecified atom stereocenters. The smallest absolute Gasteiger partial charge is 0.234 e. The van der Waals surface area contributed by atoms with Gasteiger partial charge in [-0.2, -0.15) is 0 Å². The van der Waals surface area contributed by atoms with Crippen LogP contribution < -0.4 is 5.32 Å². The number of amides is 1. The summed E-state index contributed by atoms with van der Waals surface area (Å²) in [5, 5.41) is 3.01. The van der Waals surface area contributed by atoms with E-state index < -0.39 is 0 Å². The lowest BCUT2D eigenvalue weighted by Crippen LogP contribution is -2.15. The molecule has 1 amide bonds. The molecule has 0 saturated carbocycles. The van der Waals surface area contributed by atoms with Gasteiger partial charge in [0.1, 0.15) is 0 Å². The summed E-state index contributed by atoms with van der Waals surface area (Å²) in [5.41, 5.74) is 4.28. The third kappa shape index (κ3) is 4.35. The maximum Gasteiger partial charge on any atom is 0.234 e. The molecule has 21 heavy (non-hydrogen) atoms. The number of hydrogen-bond acceptors (Lipinski definition) is 2. The Kier molecular flexibility index (Phi) is 5.48. The Labute approximate surface area is 138 Å². The molecule has 0 spiro atoms. The van der Waals surface area contributed by atoms with Crippen LogP contribution in [0.2, 0.25) is 0 Å². The first-order chi connectivity index (χ1) is 9.97. The van der Waals surface area contributed by atoms with E-state index in [0.29, 0.717) is 5.75 Å². The first-order valence-electron chi connectivity index (χ1n) is 6.72. The van der Waals surface area contributed by atoms with Crippen LogP contribution in [0.5, 0.6) is 0 Å². The zero-order chi connectivity index (χ0) is 15.4. The normalized spacial score (nSPS) is 10.5. The molecule has 0 aliphatic rings. The summed E-state index contributed by atoms with van der Waals surface area (Å²) in [7, 11) is 0. The summed E-state index contributed by atoms with van der Waals surface area (Å²) in [6, 6.07) is 12.1. The lowest BCUT2D eigenvalue weighted by atomic mass is 10.1. The van der Waals surface area contributed by atoms with Crippen molar-refractivity contribution in [3.05, 3.63) is 57.6 Å². The van der Waals surface area contributed by atoms with E-state index in [9.17, 15) is 4.79 Å². The van der Waals surface area contributed by atoms with E-state index in [2.05, 4.69) is 34.2 Å². The Balaban J connectivity index is 1.99. The van der Waals surface area contributed by atoms with Crippen LogP contribution in [0.25, 0.3) is 0 Å². The summed E-state index contributed by atoms with van der Waals surface area (Å²) in [6.07, 6.45) is 0. The quantitative estimate of drug-likeness (QED) is 0.765. The van der Waals surface area contributed by atoms with Gasteiger partial charge in [-0.05, 0) is 55.7 Å². The van der Waals surface area contributed by atoms with Gasteiger partial charge in [0, 0.05) is 15.1 Å². The summed E-state index contributed by atoms with van der Waals surface area (Å²) >= 11 is 5.01. The van der Waals surface area contributed by atoms with Crippen LogP contribution in [-0.4, -0.2) is 11.7 Å². The molecule has 0 saturated heterocycles. The zero-order valence-corrected chi connectivity index (χ0v) is 14.8. The van der Waals surface area contributed by atoms with Gasteiger partial charge in [-0.15, -0.1) is 11.8 Å². The van der Waals surface area contributed by atoms with Gasteiger partial charge in [0.15, 0.2) is 0 Å². The monoisotopic (exact) mass is 363 g/mol. The Hall–Kier alpha value is -1.26. The Bertz CT molecular complexity index is 650. The first kappa shape index (κ1) is 16.1. The van der Waals surface area contributed by atoms with Gasteiger partial charge in [0.2, 0.25) is 5.91 Å². The maximum atomic E-state index is 12.1. The highest BCUT2D eigenvalue weighted by Crippen LogP contribution is 2.26. The molecule has 0 aromatic heterocycles. The van der Waals surface area contributed by atoms with E-state index in [0.717, 1.165) is 26.2 Å². The van der Waals surface area contributed by atoms with Gasteiger partial charge in [-0.25, -0.2) is 0 Å². The fraction of sp³-hybridized carbons (Fsp3) is 0.235. The van der Waals surface area contributed by atoms with Crippen molar-refractivity contribution in [3.63, 3.8) is 0 Å². The largest absolute Gasteiger partial charge is 0.325 e. The molecule has 0 fully saturated rings. The molecule has 4 heteroatoms. The van der Waals surface area contributed by atoms with Crippen LogP contribution in [0.3, 0.4) is 0 Å². The molecule has 2 aromatic carbocycles. The third-order valence-electron chi connectivity index (χ3n) is 3.24. The van der Waals surface area contributed by atoms with Crippen molar-refractivity contribution in [2.75, 3.05) is 11.1 Å². The van der Waals surface area contributed by atoms with E-state index in [1.807, 2.05) is 44.2 Å². The number of benzene rings is 2. The second-order valence-corrected chi connectivity index (χ2v) is 6.95. The van der Waals surface area contributed by atoms with Gasteiger partial charge in [-0.1, -0.05) is 34.1 Å². The number of carbonyl (C=O) groups excluding carboxylic acids is 1. The molecule has 2 aromatic rings. The lowest BCUT2D eigenvalue weighted by molar-refractivity contribution is -0.113. The van der Waals surface area contributed by atoms with E-state index in [4.69, 9.17) is 0 Å². The number of carbonyl (C=O) groups is 1. The minimum absolute atomic E-state index is 0.0275. The highest BCUT2D eigenvalue weighted by atomic mass is 79.9. The molecule has 0 bridgehead atoms. The SMILES string of the molecule is Cc1cc(Br)ccc1SCC(=O)Nc1c(C)cccc1C. The van der Waals surface area contributed by atoms with E-state index in [1.165, 1.54) is 5.56 Å². The first-order valence-corrected chi connectivity index (χ1v) is 8.50. The standard InChI is InChI=1S/C17H18BrNOS/c1-11-5-4-6-12(2)17(11)19-16(20)10-21-15-8-7-14(18)9-13(15)3/h4-9H,10H2,1-3H3,(H,19,20). The highest BCUT2D eigenvalue weighted by Gasteiger charge is 2.09. The molecule has 0 aliphatic heterocycles. The predicted molar refractivity (Wildman–Crippen MR) is 94.1 cm³/mol. The van der Waals surface area contributed by atoms with Crippen molar-refractivity contribution in [3.8, 4) is 0 Å². The van der Waals surface area contributed by atoms with Crippen LogP contribution >= 0.6 is 27.7 Å². The maximum absolute atomic E-state index is 12.1. The summed E-state index contributed by atoms with van der Waals surface area (Å²) in [4.78, 5) is 13.3. The topological polar surface area (TPSA) is 29.1 Å². The number of aryl methyl sites for hydroxylation is 3. The molecule has 1 N–H and O–H groups in total. The fourth-order valence-electron chi connectivity index (χ4n) is 2.11. The van der Waals surface area contributed by atoms with Crippen molar-refractivity contribution in [2.24, 2.45) is 0 Å². The van der Waals surface area contributed by atoms with Crippen molar-refractivity contribution in [1.82, 2.24) is 0 Å². The number of rotatable bonds is 4. The number of nitrogens with one attached hydrogen (secondary N) is 1. The van der Waals surface area contributed by atoms with Crippen LogP contribution in [0, 0.1) is 20.8 Å². The van der Waals surface area contributed by atoms with Gasteiger partial charge in [0.05, 0.1) is 5.75 Å². The Morgan fingerprint density at radius 3 is 2.38 bits per heavy atom. The molecule has 110 valence electrons. The summed E-state index contributed by atoms with van der Waals surface area (Å²) in [6.45, 7) is 6.07. The van der Waals surface area contributed by atoms with Crippen LogP contribution in [0.15, 0.2) is 45.8 Å². The molecule has 2 rings (SSSR count). The Morgan fingerprint density at radius 1 is 1.10 bits per heavy atom. The van der Waals surface area contributed by atoms with Crippen LogP contribution in [0.1, 0.15) is 16.7 Å². The van der Waals surface area contributed by atoms with E-state index >= 15 is 0 Å². The number of hydrogen-bond donors (Lipinski definition) is 1. The number of halogens is 1. The predicted octanol–water partition coefficient (Wildman–Crippen LogP) is 5.11. The second kappa shape index (κ2) is 7.14. The average Bonchev–Trinajstić information content (AvgIpc) is 2.42. The number of para-hydroxylation sites is 1. The zero-order valence-electron chi connectivity index (χ0n) is 12.4. The minimum atomic E-state index is 0.0275. The molecule has 0 heterocycles. The number of anilines is 1. The van der Waals surface area contributed by atoms with Crippen LogP contribution in [-0.2, 0) is 4.79 Å². The third-order valence-corrected chi connectivity index (χ3v) is 4.91. The van der Waals surface area contributed by atoms with Crippen molar-refractivity contribution in [1.29, 1.82) is 0 Å². The minimum Gasteiger partial charge on any atom is -0.325 e. The Morgan fingerprint density at radius 2 is 1.76 bits per heavy atom. The molecular formula is C17H18BrNOS. The van der Waals surface area contributed by atoms with Gasteiger partial charge < -0.3 is 5.32 Å². The fourth-order valence-corrected chi connectivity index (χ4v) is 3.39. The van der Waals surface area contributed by atoms with Gasteiger partial charge in [-0.3, -0.25) is 4.79 Å². The molecule has 2 nitrogen and oxygen atoms in total. The highest BCUT2D eigenvalue weighted by molar-refractivity contribution is 9.10. The molecule has 0 aliphatic carbocycles. The van der Waals surface area contributed by atoms with Gasteiger partial charge in [0.25, 0.3) is 0 Å². The van der Waals surface area contributed by atoms with Crippen molar-refractivity contribution in [2.45, 2.75) is 25.7 Å².